The van der Waals surface area contributed by atoms with E-state index in [9.17, 15) is 13.2 Å². The van der Waals surface area contributed by atoms with Crippen LogP contribution in [0.15, 0.2) is 47.6 Å². The Hall–Kier alpha value is -2.65. The van der Waals surface area contributed by atoms with Gasteiger partial charge in [-0.3, -0.25) is 4.31 Å². The van der Waals surface area contributed by atoms with Crippen molar-refractivity contribution < 1.29 is 17.9 Å². The number of aromatic nitrogens is 3. The van der Waals surface area contributed by atoms with Crippen LogP contribution < -0.4 is 4.31 Å². The van der Waals surface area contributed by atoms with Gasteiger partial charge in [-0.1, -0.05) is 36.7 Å². The van der Waals surface area contributed by atoms with Gasteiger partial charge in [0.05, 0.1) is 30.9 Å². The lowest BCUT2D eigenvalue weighted by Crippen LogP contribution is -2.45. The number of anilines is 1. The van der Waals surface area contributed by atoms with Crippen LogP contribution in [0.1, 0.15) is 19.0 Å². The summed E-state index contributed by atoms with van der Waals surface area (Å²) in [5.74, 6) is -0.651. The predicted molar refractivity (Wildman–Crippen MR) is 105 cm³/mol. The largest absolute Gasteiger partial charge is 0.467 e. The Balaban J connectivity index is 2.19. The summed E-state index contributed by atoms with van der Waals surface area (Å²) in [5, 5.41) is 4.53. The highest BCUT2D eigenvalue weighted by Gasteiger charge is 2.36. The van der Waals surface area contributed by atoms with Crippen LogP contribution in [0.25, 0.3) is 5.65 Å². The van der Waals surface area contributed by atoms with Crippen LogP contribution in [0.4, 0.5) is 5.69 Å². The third-order valence-electron chi connectivity index (χ3n) is 4.26. The van der Waals surface area contributed by atoms with E-state index in [1.165, 1.54) is 24.0 Å². The van der Waals surface area contributed by atoms with Gasteiger partial charge in [0.15, 0.2) is 5.65 Å². The van der Waals surface area contributed by atoms with Crippen LogP contribution in [-0.2, 0) is 19.6 Å². The third kappa shape index (κ3) is 3.43. The molecular formula is C18H19ClN4O4S. The molecule has 2 aromatic heterocycles. The molecule has 3 rings (SSSR count). The zero-order chi connectivity index (χ0) is 20.5. The van der Waals surface area contributed by atoms with E-state index in [1.54, 1.807) is 44.2 Å². The minimum atomic E-state index is -4.15. The van der Waals surface area contributed by atoms with E-state index >= 15 is 0 Å². The second-order valence-electron chi connectivity index (χ2n) is 6.04. The maximum atomic E-state index is 13.5. The van der Waals surface area contributed by atoms with E-state index < -0.39 is 22.0 Å². The number of carbonyl (C=O) groups is 1. The number of benzene rings is 1. The molecule has 0 aliphatic heterocycles. The molecular weight excluding hydrogens is 404 g/mol. The summed E-state index contributed by atoms with van der Waals surface area (Å²) in [4.78, 5) is 16.3. The molecule has 0 radical (unpaired) electrons. The highest BCUT2D eigenvalue weighted by Crippen LogP contribution is 2.28. The maximum absolute atomic E-state index is 13.5. The predicted octanol–water partition coefficient (Wildman–Crippen LogP) is 2.84. The molecule has 148 valence electrons. The van der Waals surface area contributed by atoms with Gasteiger partial charge in [-0.2, -0.15) is 5.10 Å². The first-order valence-electron chi connectivity index (χ1n) is 8.49. The van der Waals surface area contributed by atoms with Crippen molar-refractivity contribution in [2.24, 2.45) is 0 Å². The molecule has 0 aliphatic rings. The molecule has 0 bridgehead atoms. The zero-order valence-electron chi connectivity index (χ0n) is 15.5. The van der Waals surface area contributed by atoms with Crippen LogP contribution in [0.3, 0.4) is 0 Å². The lowest BCUT2D eigenvalue weighted by Gasteiger charge is -2.30. The first-order chi connectivity index (χ1) is 13.3. The lowest BCUT2D eigenvalue weighted by atomic mass is 10.2. The fraction of sp³-hybridized carbons (Fsp3) is 0.278. The summed E-state index contributed by atoms with van der Waals surface area (Å²) >= 11 is 6.13. The van der Waals surface area contributed by atoms with E-state index in [-0.39, 0.29) is 11.3 Å². The molecule has 28 heavy (non-hydrogen) atoms. The van der Waals surface area contributed by atoms with Crippen LogP contribution in [0.2, 0.25) is 5.02 Å². The highest BCUT2D eigenvalue weighted by molar-refractivity contribution is 7.92. The number of carbonyl (C=O) groups excluding carboxylic acids is 1. The molecule has 0 N–H and O–H groups in total. The Labute approximate surface area is 167 Å². The quantitative estimate of drug-likeness (QED) is 0.567. The number of hydrogen-bond acceptors (Lipinski definition) is 6. The molecule has 2 heterocycles. The van der Waals surface area contributed by atoms with Crippen molar-refractivity contribution in [2.45, 2.75) is 31.2 Å². The van der Waals surface area contributed by atoms with E-state index in [0.29, 0.717) is 22.1 Å². The van der Waals surface area contributed by atoms with Crippen molar-refractivity contribution >= 4 is 38.9 Å². The molecule has 0 amide bonds. The Morgan fingerprint density at radius 1 is 1.32 bits per heavy atom. The monoisotopic (exact) mass is 422 g/mol. The van der Waals surface area contributed by atoms with Gasteiger partial charge in [0.2, 0.25) is 0 Å². The smallest absolute Gasteiger partial charge is 0.329 e. The number of rotatable bonds is 6. The van der Waals surface area contributed by atoms with Gasteiger partial charge in [-0.15, -0.1) is 0 Å². The molecule has 0 unspecified atom stereocenters. The number of nitrogens with zero attached hydrogens (tertiary/aromatic N) is 4. The molecule has 1 atom stereocenters. The van der Waals surface area contributed by atoms with Crippen molar-refractivity contribution in [3.63, 3.8) is 0 Å². The Bertz CT molecular complexity index is 1120. The molecule has 8 nitrogen and oxygen atoms in total. The Morgan fingerprint density at radius 2 is 2.00 bits per heavy atom. The topological polar surface area (TPSA) is 93.9 Å². The Morgan fingerprint density at radius 3 is 2.61 bits per heavy atom. The fourth-order valence-corrected chi connectivity index (χ4v) is 4.66. The fourth-order valence-electron chi connectivity index (χ4n) is 2.87. The minimum absolute atomic E-state index is 0.120. The maximum Gasteiger partial charge on any atom is 0.329 e. The van der Waals surface area contributed by atoms with Crippen molar-refractivity contribution in [1.29, 1.82) is 0 Å². The number of para-hydroxylation sites is 1. The van der Waals surface area contributed by atoms with Gasteiger partial charge < -0.3 is 4.74 Å². The van der Waals surface area contributed by atoms with Crippen LogP contribution in [-0.4, -0.2) is 42.1 Å². The van der Waals surface area contributed by atoms with Crippen LogP contribution in [0.5, 0.6) is 0 Å². The van der Waals surface area contributed by atoms with Crippen molar-refractivity contribution in [1.82, 2.24) is 14.6 Å². The summed E-state index contributed by atoms with van der Waals surface area (Å²) in [5.41, 5.74) is 1.23. The van der Waals surface area contributed by atoms with Crippen molar-refractivity contribution in [3.8, 4) is 0 Å². The van der Waals surface area contributed by atoms with E-state index in [1.807, 2.05) is 0 Å². The van der Waals surface area contributed by atoms with E-state index in [2.05, 4.69) is 10.1 Å². The molecule has 0 saturated heterocycles. The van der Waals surface area contributed by atoms with Gasteiger partial charge in [-0.25, -0.2) is 22.7 Å². The zero-order valence-corrected chi connectivity index (χ0v) is 17.1. The number of sulfonamides is 1. The Kier molecular flexibility index (Phi) is 5.57. The first kappa shape index (κ1) is 20.1. The standard InChI is InChI=1S/C18H19ClN4O4S/c1-4-15(18(24)27-3)23(13-8-6-5-7-9-13)28(25,26)14-10-20-17-16(19)12(2)21-22(17)11-14/h5-11,15H,4H2,1-3H3/t15-/m0/s1. The molecule has 0 spiro atoms. The van der Waals surface area contributed by atoms with Crippen LogP contribution in [0, 0.1) is 6.92 Å². The number of hydrogen-bond donors (Lipinski definition) is 0. The van der Waals surface area contributed by atoms with E-state index in [0.717, 1.165) is 4.31 Å². The number of esters is 1. The van der Waals surface area contributed by atoms with Gasteiger partial charge >= 0.3 is 5.97 Å². The SMILES string of the molecule is CC[C@@H](C(=O)OC)N(c1ccccc1)S(=O)(=O)c1cnc2c(Cl)c(C)nn2c1. The average molecular weight is 423 g/mol. The number of halogens is 1. The molecule has 0 fully saturated rings. The number of methoxy groups -OCH3 is 1. The van der Waals surface area contributed by atoms with Gasteiger partial charge in [-0.05, 0) is 25.5 Å². The normalized spacial score (nSPS) is 12.7. The summed E-state index contributed by atoms with van der Waals surface area (Å²) in [6, 6.07) is 7.35. The molecule has 0 aliphatic carbocycles. The highest BCUT2D eigenvalue weighted by atomic mass is 35.5. The molecule has 3 aromatic rings. The molecule has 0 saturated carbocycles. The number of fused-ring (bicyclic) bond motifs is 1. The number of ether oxygens (including phenoxy) is 1. The minimum Gasteiger partial charge on any atom is -0.467 e. The second-order valence-corrected chi connectivity index (χ2v) is 8.23. The lowest BCUT2D eigenvalue weighted by molar-refractivity contribution is -0.142. The number of aryl methyl sites for hydroxylation is 1. The van der Waals surface area contributed by atoms with Crippen molar-refractivity contribution in [3.05, 3.63) is 53.4 Å². The third-order valence-corrected chi connectivity index (χ3v) is 6.50. The second kappa shape index (κ2) is 7.76. The molecule has 10 heteroatoms. The summed E-state index contributed by atoms with van der Waals surface area (Å²) in [6.07, 6.45) is 2.76. The van der Waals surface area contributed by atoms with E-state index in [4.69, 9.17) is 16.3 Å². The van der Waals surface area contributed by atoms with Gasteiger partial charge in [0, 0.05) is 0 Å². The summed E-state index contributed by atoms with van der Waals surface area (Å²) < 4.78 is 34.2. The summed E-state index contributed by atoms with van der Waals surface area (Å²) in [7, 11) is -2.92. The molecule has 1 aromatic carbocycles. The van der Waals surface area contributed by atoms with Crippen LogP contribution >= 0.6 is 11.6 Å². The van der Waals surface area contributed by atoms with Crippen molar-refractivity contribution in [2.75, 3.05) is 11.4 Å². The summed E-state index contributed by atoms with van der Waals surface area (Å²) in [6.45, 7) is 3.41. The first-order valence-corrected chi connectivity index (χ1v) is 10.3. The average Bonchev–Trinajstić information content (AvgIpc) is 2.99. The van der Waals surface area contributed by atoms with Gasteiger partial charge in [0.25, 0.3) is 10.0 Å². The van der Waals surface area contributed by atoms with Gasteiger partial charge in [0.1, 0.15) is 16.0 Å².